The third-order valence-electron chi connectivity index (χ3n) is 3.22. The second kappa shape index (κ2) is 6.03. The summed E-state index contributed by atoms with van der Waals surface area (Å²) in [6, 6.07) is 7.40. The minimum absolute atomic E-state index is 0.0564. The van der Waals surface area contributed by atoms with Crippen molar-refractivity contribution in [2.24, 2.45) is 11.7 Å². The van der Waals surface area contributed by atoms with Gasteiger partial charge in [0.05, 0.1) is 0 Å². The van der Waals surface area contributed by atoms with E-state index in [-0.39, 0.29) is 5.91 Å². The Morgan fingerprint density at radius 2 is 2.17 bits per heavy atom. The number of rotatable bonds is 3. The van der Waals surface area contributed by atoms with Crippen molar-refractivity contribution in [2.75, 3.05) is 19.6 Å². The topological polar surface area (TPSA) is 46.3 Å². The predicted molar refractivity (Wildman–Crippen MR) is 74.2 cm³/mol. The maximum Gasteiger partial charge on any atom is 0.246 e. The van der Waals surface area contributed by atoms with Gasteiger partial charge in [0, 0.05) is 24.2 Å². The summed E-state index contributed by atoms with van der Waals surface area (Å²) in [6.45, 7) is 2.25. The molecular weight excluding hydrogens is 248 g/mol. The Morgan fingerprint density at radius 1 is 1.44 bits per heavy atom. The van der Waals surface area contributed by atoms with Crippen LogP contribution in [0, 0.1) is 5.92 Å². The summed E-state index contributed by atoms with van der Waals surface area (Å²) in [5, 5.41) is 0.698. The predicted octanol–water partition coefficient (Wildman–Crippen LogP) is 2.16. The molecule has 96 valence electrons. The van der Waals surface area contributed by atoms with Gasteiger partial charge in [-0.05, 0) is 42.7 Å². The standard InChI is InChI=1S/C14H17ClN2O/c15-13-4-1-11(2-5-13)3-6-14(18)17-8-7-12(9-16)10-17/h1-6,12H,7-10,16H2. The lowest BCUT2D eigenvalue weighted by atomic mass is 10.1. The van der Waals surface area contributed by atoms with Crippen LogP contribution in [0.15, 0.2) is 30.3 Å². The molecule has 18 heavy (non-hydrogen) atoms. The number of nitrogens with zero attached hydrogens (tertiary/aromatic N) is 1. The van der Waals surface area contributed by atoms with Gasteiger partial charge in [0.1, 0.15) is 0 Å². The van der Waals surface area contributed by atoms with E-state index in [0.717, 1.165) is 25.1 Å². The van der Waals surface area contributed by atoms with Crippen LogP contribution in [0.3, 0.4) is 0 Å². The molecule has 4 heteroatoms. The highest BCUT2D eigenvalue weighted by molar-refractivity contribution is 6.30. The SMILES string of the molecule is NCC1CCN(C(=O)C=Cc2ccc(Cl)cc2)C1. The Kier molecular flexibility index (Phi) is 4.39. The van der Waals surface area contributed by atoms with Crippen molar-refractivity contribution in [2.45, 2.75) is 6.42 Å². The maximum atomic E-state index is 11.9. The molecule has 0 spiro atoms. The zero-order valence-corrected chi connectivity index (χ0v) is 10.9. The van der Waals surface area contributed by atoms with E-state index in [0.29, 0.717) is 17.5 Å². The summed E-state index contributed by atoms with van der Waals surface area (Å²) in [4.78, 5) is 13.8. The number of nitrogens with two attached hydrogens (primary N) is 1. The second-order valence-electron chi connectivity index (χ2n) is 4.56. The van der Waals surface area contributed by atoms with Crippen molar-refractivity contribution in [3.8, 4) is 0 Å². The number of benzene rings is 1. The highest BCUT2D eigenvalue weighted by atomic mass is 35.5. The van der Waals surface area contributed by atoms with E-state index in [9.17, 15) is 4.79 Å². The van der Waals surface area contributed by atoms with E-state index in [1.54, 1.807) is 6.08 Å². The summed E-state index contributed by atoms with van der Waals surface area (Å²) in [5.41, 5.74) is 6.58. The smallest absolute Gasteiger partial charge is 0.246 e. The van der Waals surface area contributed by atoms with Gasteiger partial charge in [0.2, 0.25) is 5.91 Å². The fourth-order valence-corrected chi connectivity index (χ4v) is 2.20. The van der Waals surface area contributed by atoms with E-state index in [2.05, 4.69) is 0 Å². The molecule has 1 heterocycles. The summed E-state index contributed by atoms with van der Waals surface area (Å²) in [5.74, 6) is 0.513. The van der Waals surface area contributed by atoms with Crippen LogP contribution in [0.1, 0.15) is 12.0 Å². The highest BCUT2D eigenvalue weighted by Gasteiger charge is 2.23. The summed E-state index contributed by atoms with van der Waals surface area (Å²) >= 11 is 5.80. The van der Waals surface area contributed by atoms with Crippen molar-refractivity contribution in [1.82, 2.24) is 4.90 Å². The second-order valence-corrected chi connectivity index (χ2v) is 5.00. The normalized spacial score (nSPS) is 19.7. The molecule has 1 aromatic carbocycles. The lowest BCUT2D eigenvalue weighted by molar-refractivity contribution is -0.125. The number of hydrogen-bond donors (Lipinski definition) is 1. The van der Waals surface area contributed by atoms with Gasteiger partial charge in [-0.2, -0.15) is 0 Å². The van der Waals surface area contributed by atoms with Crippen LogP contribution >= 0.6 is 11.6 Å². The van der Waals surface area contributed by atoms with E-state index < -0.39 is 0 Å². The molecular formula is C14H17ClN2O. The molecule has 2 N–H and O–H groups in total. The maximum absolute atomic E-state index is 11.9. The third kappa shape index (κ3) is 3.34. The Hall–Kier alpha value is -1.32. The van der Waals surface area contributed by atoms with Crippen molar-refractivity contribution in [3.63, 3.8) is 0 Å². The zero-order chi connectivity index (χ0) is 13.0. The van der Waals surface area contributed by atoms with Crippen LogP contribution in [0.5, 0.6) is 0 Å². The fourth-order valence-electron chi connectivity index (χ4n) is 2.07. The quantitative estimate of drug-likeness (QED) is 0.851. The molecule has 0 bridgehead atoms. The molecule has 1 atom stereocenters. The molecule has 2 rings (SSSR count). The summed E-state index contributed by atoms with van der Waals surface area (Å²) in [6.07, 6.45) is 4.44. The van der Waals surface area contributed by atoms with Gasteiger partial charge >= 0.3 is 0 Å². The first-order chi connectivity index (χ1) is 8.69. The van der Waals surface area contributed by atoms with Crippen LogP contribution in [-0.2, 0) is 4.79 Å². The lowest BCUT2D eigenvalue weighted by Gasteiger charge is -2.13. The minimum Gasteiger partial charge on any atom is -0.339 e. The Bertz CT molecular complexity index is 442. The Morgan fingerprint density at radius 3 is 2.78 bits per heavy atom. The molecule has 1 aliphatic heterocycles. The fraction of sp³-hybridized carbons (Fsp3) is 0.357. The molecule has 1 amide bonds. The van der Waals surface area contributed by atoms with Crippen molar-refractivity contribution in [3.05, 3.63) is 40.9 Å². The van der Waals surface area contributed by atoms with Gasteiger partial charge in [-0.3, -0.25) is 4.79 Å². The highest BCUT2D eigenvalue weighted by Crippen LogP contribution is 2.16. The van der Waals surface area contributed by atoms with Gasteiger partial charge < -0.3 is 10.6 Å². The number of halogens is 1. The minimum atomic E-state index is 0.0564. The first-order valence-corrected chi connectivity index (χ1v) is 6.49. The van der Waals surface area contributed by atoms with Crippen LogP contribution in [-0.4, -0.2) is 30.4 Å². The van der Waals surface area contributed by atoms with Gasteiger partial charge in [0.15, 0.2) is 0 Å². The number of amides is 1. The van der Waals surface area contributed by atoms with Crippen LogP contribution in [0.25, 0.3) is 6.08 Å². The molecule has 3 nitrogen and oxygen atoms in total. The molecule has 1 fully saturated rings. The zero-order valence-electron chi connectivity index (χ0n) is 10.2. The first kappa shape index (κ1) is 13.1. The first-order valence-electron chi connectivity index (χ1n) is 6.11. The number of likely N-dealkylation sites (tertiary alicyclic amines) is 1. The number of carbonyl (C=O) groups is 1. The van der Waals surface area contributed by atoms with Crippen LogP contribution in [0.2, 0.25) is 5.02 Å². The van der Waals surface area contributed by atoms with Crippen LogP contribution < -0.4 is 5.73 Å². The monoisotopic (exact) mass is 264 g/mol. The third-order valence-corrected chi connectivity index (χ3v) is 3.47. The summed E-state index contributed by atoms with van der Waals surface area (Å²) in [7, 11) is 0. The van der Waals surface area contributed by atoms with E-state index in [4.69, 9.17) is 17.3 Å². The van der Waals surface area contributed by atoms with Gasteiger partial charge in [-0.1, -0.05) is 23.7 Å². The van der Waals surface area contributed by atoms with Crippen molar-refractivity contribution in [1.29, 1.82) is 0 Å². The molecule has 1 unspecified atom stereocenters. The van der Waals surface area contributed by atoms with E-state index in [1.807, 2.05) is 35.2 Å². The molecule has 0 saturated carbocycles. The van der Waals surface area contributed by atoms with Gasteiger partial charge in [-0.25, -0.2) is 0 Å². The largest absolute Gasteiger partial charge is 0.339 e. The molecule has 1 aliphatic rings. The number of carbonyl (C=O) groups excluding carboxylic acids is 1. The molecule has 1 aromatic rings. The Balaban J connectivity index is 1.93. The average Bonchev–Trinajstić information content (AvgIpc) is 2.86. The van der Waals surface area contributed by atoms with Gasteiger partial charge in [0.25, 0.3) is 0 Å². The summed E-state index contributed by atoms with van der Waals surface area (Å²) < 4.78 is 0. The van der Waals surface area contributed by atoms with Crippen LogP contribution in [0.4, 0.5) is 0 Å². The average molecular weight is 265 g/mol. The van der Waals surface area contributed by atoms with Crippen molar-refractivity contribution >= 4 is 23.6 Å². The van der Waals surface area contributed by atoms with E-state index >= 15 is 0 Å². The van der Waals surface area contributed by atoms with Gasteiger partial charge in [-0.15, -0.1) is 0 Å². The Labute approximate surface area is 112 Å². The molecule has 0 aliphatic carbocycles. The van der Waals surface area contributed by atoms with E-state index in [1.165, 1.54) is 0 Å². The number of hydrogen-bond acceptors (Lipinski definition) is 2. The molecule has 0 aromatic heterocycles. The molecule has 1 saturated heterocycles. The molecule has 0 radical (unpaired) electrons. The lowest BCUT2D eigenvalue weighted by Crippen LogP contribution is -2.28. The van der Waals surface area contributed by atoms with Crippen molar-refractivity contribution < 1.29 is 4.79 Å².